The van der Waals surface area contributed by atoms with Gasteiger partial charge in [-0.2, -0.15) is 0 Å². The lowest BCUT2D eigenvalue weighted by atomic mass is 10.2. The van der Waals surface area contributed by atoms with Gasteiger partial charge in [0.05, 0.1) is 18.7 Å². The van der Waals surface area contributed by atoms with E-state index < -0.39 is 23.6 Å². The normalized spacial score (nSPS) is 10.6. The Morgan fingerprint density at radius 2 is 1.72 bits per heavy atom. The van der Waals surface area contributed by atoms with E-state index in [0.29, 0.717) is 11.0 Å². The van der Waals surface area contributed by atoms with Crippen molar-refractivity contribution in [1.82, 2.24) is 0 Å². The first kappa shape index (κ1) is 20.1. The summed E-state index contributed by atoms with van der Waals surface area (Å²) in [5.74, 6) is -2.45. The Morgan fingerprint density at radius 1 is 1.00 bits per heavy atom. The van der Waals surface area contributed by atoms with Crippen LogP contribution in [0.4, 0.5) is 15.8 Å². The summed E-state index contributed by atoms with van der Waals surface area (Å²) in [5, 5.41) is 5.56. The fourth-order valence-corrected chi connectivity index (χ4v) is 2.72. The fourth-order valence-electron chi connectivity index (χ4n) is 2.72. The molecule has 1 heterocycles. The standard InChI is InChI=1S/C21H19FN2O5/c1-2-28-18(26)12-11-17(25)24-19-13-7-3-6-10-16(13)29-20(19)21(27)23-15-9-5-4-8-14(15)22/h3-10H,2,11-12H2,1H3,(H,23,27)(H,24,25). The van der Waals surface area contributed by atoms with Gasteiger partial charge in [0.2, 0.25) is 11.7 Å². The van der Waals surface area contributed by atoms with Crippen molar-refractivity contribution >= 4 is 40.1 Å². The Morgan fingerprint density at radius 3 is 2.48 bits per heavy atom. The molecule has 150 valence electrons. The lowest BCUT2D eigenvalue weighted by Crippen LogP contribution is -2.18. The van der Waals surface area contributed by atoms with Crippen molar-refractivity contribution in [2.75, 3.05) is 17.2 Å². The number of carbonyl (C=O) groups excluding carboxylic acids is 3. The van der Waals surface area contributed by atoms with Crippen molar-refractivity contribution < 1.29 is 27.9 Å². The van der Waals surface area contributed by atoms with E-state index in [1.807, 2.05) is 0 Å². The van der Waals surface area contributed by atoms with Gasteiger partial charge in [0.1, 0.15) is 17.1 Å². The zero-order valence-corrected chi connectivity index (χ0v) is 15.7. The maximum absolute atomic E-state index is 13.9. The Hall–Kier alpha value is -3.68. The lowest BCUT2D eigenvalue weighted by Gasteiger charge is -2.08. The topological polar surface area (TPSA) is 97.6 Å². The van der Waals surface area contributed by atoms with Gasteiger partial charge in [-0.3, -0.25) is 14.4 Å². The number of rotatable bonds is 7. The molecule has 3 rings (SSSR count). The molecule has 29 heavy (non-hydrogen) atoms. The molecule has 0 saturated carbocycles. The highest BCUT2D eigenvalue weighted by Crippen LogP contribution is 2.32. The summed E-state index contributed by atoms with van der Waals surface area (Å²) in [5.41, 5.74) is 0.521. The molecular weight excluding hydrogens is 379 g/mol. The molecule has 3 aromatic rings. The van der Waals surface area contributed by atoms with E-state index in [1.165, 1.54) is 18.2 Å². The minimum atomic E-state index is -0.716. The van der Waals surface area contributed by atoms with Gasteiger partial charge in [-0.15, -0.1) is 0 Å². The van der Waals surface area contributed by atoms with Crippen molar-refractivity contribution in [3.63, 3.8) is 0 Å². The van der Waals surface area contributed by atoms with Gasteiger partial charge in [-0.1, -0.05) is 24.3 Å². The highest BCUT2D eigenvalue weighted by Gasteiger charge is 2.23. The summed E-state index contributed by atoms with van der Waals surface area (Å²) >= 11 is 0. The number of nitrogens with one attached hydrogen (secondary N) is 2. The Bertz CT molecular complexity index is 1060. The van der Waals surface area contributed by atoms with Gasteiger partial charge in [0.25, 0.3) is 5.91 Å². The minimum Gasteiger partial charge on any atom is -0.466 e. The second-order valence-electron chi connectivity index (χ2n) is 6.09. The lowest BCUT2D eigenvalue weighted by molar-refractivity contribution is -0.144. The molecule has 0 aliphatic carbocycles. The van der Waals surface area contributed by atoms with E-state index in [0.717, 1.165) is 0 Å². The average Bonchev–Trinajstić information content (AvgIpc) is 3.07. The van der Waals surface area contributed by atoms with Crippen LogP contribution in [0.15, 0.2) is 52.9 Å². The van der Waals surface area contributed by atoms with Crippen LogP contribution in [0.25, 0.3) is 11.0 Å². The summed E-state index contributed by atoms with van der Waals surface area (Å²) in [6.45, 7) is 1.91. The third kappa shape index (κ3) is 4.78. The minimum absolute atomic E-state index is 0.0162. The second-order valence-corrected chi connectivity index (χ2v) is 6.09. The van der Waals surface area contributed by atoms with Crippen LogP contribution in [0, 0.1) is 5.82 Å². The molecule has 0 aliphatic rings. The zero-order chi connectivity index (χ0) is 20.8. The second kappa shape index (κ2) is 9.01. The molecule has 0 aliphatic heterocycles. The number of hydrogen-bond donors (Lipinski definition) is 2. The first-order valence-corrected chi connectivity index (χ1v) is 9.02. The van der Waals surface area contributed by atoms with E-state index in [1.54, 1.807) is 37.3 Å². The number of anilines is 2. The van der Waals surface area contributed by atoms with E-state index in [4.69, 9.17) is 9.15 Å². The van der Waals surface area contributed by atoms with Crippen LogP contribution >= 0.6 is 0 Å². The van der Waals surface area contributed by atoms with Gasteiger partial charge in [-0.05, 0) is 31.2 Å². The maximum atomic E-state index is 13.9. The van der Waals surface area contributed by atoms with Crippen molar-refractivity contribution in [1.29, 1.82) is 0 Å². The maximum Gasteiger partial charge on any atom is 0.306 e. The summed E-state index contributed by atoms with van der Waals surface area (Å²) < 4.78 is 24.3. The van der Waals surface area contributed by atoms with Gasteiger partial charge in [-0.25, -0.2) is 4.39 Å². The number of halogens is 1. The third-order valence-corrected chi connectivity index (χ3v) is 4.05. The Labute approximate surface area is 165 Å². The zero-order valence-electron chi connectivity index (χ0n) is 15.7. The quantitative estimate of drug-likeness (QED) is 0.584. The van der Waals surface area contributed by atoms with Crippen molar-refractivity contribution in [3.8, 4) is 0 Å². The predicted octanol–water partition coefficient (Wildman–Crippen LogP) is 4.11. The number of ether oxygens (including phenoxy) is 1. The van der Waals surface area contributed by atoms with Crippen molar-refractivity contribution in [2.45, 2.75) is 19.8 Å². The van der Waals surface area contributed by atoms with Gasteiger partial charge < -0.3 is 19.8 Å². The predicted molar refractivity (Wildman–Crippen MR) is 105 cm³/mol. The molecule has 8 heteroatoms. The van der Waals surface area contributed by atoms with E-state index in [2.05, 4.69) is 10.6 Å². The average molecular weight is 398 g/mol. The summed E-state index contributed by atoms with van der Waals surface area (Å²) in [4.78, 5) is 36.4. The molecule has 0 saturated heterocycles. The van der Waals surface area contributed by atoms with Crippen LogP contribution in [0.2, 0.25) is 0 Å². The van der Waals surface area contributed by atoms with Gasteiger partial charge in [0, 0.05) is 11.8 Å². The van der Waals surface area contributed by atoms with Gasteiger partial charge >= 0.3 is 5.97 Å². The third-order valence-electron chi connectivity index (χ3n) is 4.05. The molecular formula is C21H19FN2O5. The molecule has 0 radical (unpaired) electrons. The van der Waals surface area contributed by atoms with E-state index >= 15 is 0 Å². The number of fused-ring (bicyclic) bond motifs is 1. The molecule has 2 N–H and O–H groups in total. The molecule has 0 fully saturated rings. The first-order chi connectivity index (χ1) is 14.0. The number of amides is 2. The summed E-state index contributed by atoms with van der Waals surface area (Å²) in [6, 6.07) is 12.5. The van der Waals surface area contributed by atoms with Crippen molar-refractivity contribution in [3.05, 3.63) is 60.1 Å². The number of esters is 1. The molecule has 2 amide bonds. The summed E-state index contributed by atoms with van der Waals surface area (Å²) in [7, 11) is 0. The van der Waals surface area contributed by atoms with Crippen LogP contribution < -0.4 is 10.6 Å². The molecule has 0 bridgehead atoms. The fraction of sp³-hybridized carbons (Fsp3) is 0.190. The largest absolute Gasteiger partial charge is 0.466 e. The first-order valence-electron chi connectivity index (χ1n) is 9.02. The van der Waals surface area contributed by atoms with Crippen molar-refractivity contribution in [2.24, 2.45) is 0 Å². The summed E-state index contributed by atoms with van der Waals surface area (Å²) in [6.07, 6.45) is -0.209. The molecule has 0 atom stereocenters. The molecule has 7 nitrogen and oxygen atoms in total. The van der Waals surface area contributed by atoms with Crippen LogP contribution in [0.1, 0.15) is 30.3 Å². The number of carbonyl (C=O) groups is 3. The number of benzene rings is 2. The molecule has 2 aromatic carbocycles. The van der Waals surface area contributed by atoms with Gasteiger partial charge in [0.15, 0.2) is 0 Å². The number of furan rings is 1. The van der Waals surface area contributed by atoms with E-state index in [-0.39, 0.29) is 36.6 Å². The highest BCUT2D eigenvalue weighted by molar-refractivity contribution is 6.14. The molecule has 0 unspecified atom stereocenters. The van der Waals surface area contributed by atoms with Crippen LogP contribution in [0.5, 0.6) is 0 Å². The number of hydrogen-bond acceptors (Lipinski definition) is 5. The molecule has 0 spiro atoms. The monoisotopic (exact) mass is 398 g/mol. The molecule has 1 aromatic heterocycles. The van der Waals surface area contributed by atoms with Crippen LogP contribution in [-0.4, -0.2) is 24.4 Å². The van der Waals surface area contributed by atoms with E-state index in [9.17, 15) is 18.8 Å². The van der Waals surface area contributed by atoms with Crippen LogP contribution in [-0.2, 0) is 14.3 Å². The smallest absolute Gasteiger partial charge is 0.306 e. The number of para-hydroxylation sites is 2. The Kier molecular flexibility index (Phi) is 6.23. The SMILES string of the molecule is CCOC(=O)CCC(=O)Nc1c(C(=O)Nc2ccccc2F)oc2ccccc12. The highest BCUT2D eigenvalue weighted by atomic mass is 19.1. The Balaban J connectivity index is 1.84. The van der Waals surface area contributed by atoms with Crippen LogP contribution in [0.3, 0.4) is 0 Å².